The van der Waals surface area contributed by atoms with Crippen LogP contribution in [0.25, 0.3) is 0 Å². The predicted molar refractivity (Wildman–Crippen MR) is 46.1 cm³/mol. The van der Waals surface area contributed by atoms with E-state index >= 15 is 0 Å². The zero-order valence-electron chi connectivity index (χ0n) is 8.84. The summed E-state index contributed by atoms with van der Waals surface area (Å²) < 4.78 is 47.8. The van der Waals surface area contributed by atoms with Crippen molar-refractivity contribution in [1.82, 2.24) is 0 Å². The highest BCUT2D eigenvalue weighted by Crippen LogP contribution is 2.47. The highest BCUT2D eigenvalue weighted by Gasteiger charge is 2.68. The molecular weight excluding hydrogens is 213 g/mol. The summed E-state index contributed by atoms with van der Waals surface area (Å²) in [6.45, 7) is 3.02. The number of ether oxygens (including phenoxy) is 2. The van der Waals surface area contributed by atoms with Gasteiger partial charge in [0.05, 0.1) is 6.10 Å². The van der Waals surface area contributed by atoms with Crippen LogP contribution >= 0.6 is 0 Å². The van der Waals surface area contributed by atoms with Gasteiger partial charge in [-0.15, -0.1) is 0 Å². The van der Waals surface area contributed by atoms with E-state index in [9.17, 15) is 18.3 Å². The molecule has 1 N–H and O–H groups in total. The molecule has 1 fully saturated rings. The van der Waals surface area contributed by atoms with Crippen molar-refractivity contribution in [1.29, 1.82) is 0 Å². The first kappa shape index (κ1) is 12.7. The lowest BCUT2D eigenvalue weighted by Gasteiger charge is -2.32. The number of halogens is 3. The second kappa shape index (κ2) is 3.92. The van der Waals surface area contributed by atoms with Gasteiger partial charge in [0.15, 0.2) is 6.29 Å². The van der Waals surface area contributed by atoms with Crippen LogP contribution in [0.1, 0.15) is 20.3 Å². The molecule has 0 aromatic carbocycles. The Balaban J connectivity index is 3.03. The zero-order valence-corrected chi connectivity index (χ0v) is 8.84. The molecular formula is C9H15F3O3. The lowest BCUT2D eigenvalue weighted by molar-refractivity contribution is -0.320. The molecule has 1 rings (SSSR count). The Hall–Kier alpha value is -0.330. The molecule has 1 aliphatic heterocycles. The highest BCUT2D eigenvalue weighted by atomic mass is 19.4. The summed E-state index contributed by atoms with van der Waals surface area (Å²) >= 11 is 0. The van der Waals surface area contributed by atoms with Crippen LogP contribution in [0.15, 0.2) is 0 Å². The van der Waals surface area contributed by atoms with Gasteiger partial charge in [0.2, 0.25) is 5.60 Å². The lowest BCUT2D eigenvalue weighted by Crippen LogP contribution is -2.56. The molecule has 0 aliphatic carbocycles. The van der Waals surface area contributed by atoms with E-state index in [1.165, 1.54) is 6.92 Å². The fourth-order valence-electron chi connectivity index (χ4n) is 1.96. The van der Waals surface area contributed by atoms with Gasteiger partial charge in [-0.05, 0) is 6.42 Å². The fraction of sp³-hybridized carbons (Fsp3) is 1.00. The third-order valence-corrected chi connectivity index (χ3v) is 2.98. The summed E-state index contributed by atoms with van der Waals surface area (Å²) in [5, 5.41) is 9.68. The first-order valence-corrected chi connectivity index (χ1v) is 4.76. The van der Waals surface area contributed by atoms with Crippen molar-refractivity contribution < 1.29 is 27.8 Å². The zero-order chi connectivity index (χ0) is 11.9. The number of aliphatic hydroxyl groups is 1. The summed E-state index contributed by atoms with van der Waals surface area (Å²) in [4.78, 5) is 0. The van der Waals surface area contributed by atoms with E-state index in [4.69, 9.17) is 4.74 Å². The SMILES string of the molecule is CC[C@H]1O[C@H](OC)[C@](O)(C(F)(F)F)C1C. The maximum Gasteiger partial charge on any atom is 0.422 e. The number of alkyl halides is 3. The summed E-state index contributed by atoms with van der Waals surface area (Å²) in [5.74, 6) is -1.03. The monoisotopic (exact) mass is 228 g/mol. The van der Waals surface area contributed by atoms with Crippen molar-refractivity contribution in [3.8, 4) is 0 Å². The minimum atomic E-state index is -4.75. The second-order valence-electron chi connectivity index (χ2n) is 3.76. The Morgan fingerprint density at radius 1 is 1.47 bits per heavy atom. The molecule has 6 heteroatoms. The van der Waals surface area contributed by atoms with Gasteiger partial charge in [-0.3, -0.25) is 0 Å². The molecule has 0 spiro atoms. The Kier molecular flexibility index (Phi) is 3.33. The molecule has 4 atom stereocenters. The quantitative estimate of drug-likeness (QED) is 0.781. The van der Waals surface area contributed by atoms with Crippen LogP contribution in [0, 0.1) is 5.92 Å². The van der Waals surface area contributed by atoms with Crippen LogP contribution in [0.3, 0.4) is 0 Å². The molecule has 0 bridgehead atoms. The van der Waals surface area contributed by atoms with Crippen LogP contribution in [-0.4, -0.2) is 36.4 Å². The van der Waals surface area contributed by atoms with Gasteiger partial charge in [-0.2, -0.15) is 13.2 Å². The first-order chi connectivity index (χ1) is 6.79. The molecule has 1 aliphatic rings. The smallest absolute Gasteiger partial charge is 0.376 e. The predicted octanol–water partition coefficient (Wildman–Crippen LogP) is 1.70. The minimum Gasteiger partial charge on any atom is -0.376 e. The van der Waals surface area contributed by atoms with Gasteiger partial charge in [0.1, 0.15) is 0 Å². The van der Waals surface area contributed by atoms with Crippen molar-refractivity contribution in [3.05, 3.63) is 0 Å². The summed E-state index contributed by atoms with van der Waals surface area (Å²) in [6.07, 6.45) is -6.63. The van der Waals surface area contributed by atoms with Gasteiger partial charge in [0, 0.05) is 13.0 Å². The summed E-state index contributed by atoms with van der Waals surface area (Å²) in [5.41, 5.74) is -2.91. The normalized spacial score (nSPS) is 42.2. The van der Waals surface area contributed by atoms with E-state index in [2.05, 4.69) is 4.74 Å². The van der Waals surface area contributed by atoms with Crippen LogP contribution < -0.4 is 0 Å². The fourth-order valence-corrected chi connectivity index (χ4v) is 1.96. The Labute approximate surface area is 86.2 Å². The van der Waals surface area contributed by atoms with Crippen molar-refractivity contribution in [2.24, 2.45) is 5.92 Å². The molecule has 0 amide bonds. The van der Waals surface area contributed by atoms with Crippen molar-refractivity contribution in [2.45, 2.75) is 44.4 Å². The number of hydrogen-bond donors (Lipinski definition) is 1. The number of methoxy groups -OCH3 is 1. The molecule has 90 valence electrons. The molecule has 15 heavy (non-hydrogen) atoms. The Morgan fingerprint density at radius 3 is 2.27 bits per heavy atom. The van der Waals surface area contributed by atoms with Crippen LogP contribution in [0.5, 0.6) is 0 Å². The van der Waals surface area contributed by atoms with Gasteiger partial charge in [-0.25, -0.2) is 0 Å². The summed E-state index contributed by atoms with van der Waals surface area (Å²) in [6, 6.07) is 0. The highest BCUT2D eigenvalue weighted by molar-refractivity contribution is 5.02. The summed E-state index contributed by atoms with van der Waals surface area (Å²) in [7, 11) is 1.09. The average molecular weight is 228 g/mol. The molecule has 0 radical (unpaired) electrons. The van der Waals surface area contributed by atoms with Crippen molar-refractivity contribution >= 4 is 0 Å². The molecule has 1 unspecified atom stereocenters. The van der Waals surface area contributed by atoms with Crippen molar-refractivity contribution in [2.75, 3.05) is 7.11 Å². The third kappa shape index (κ3) is 1.74. The first-order valence-electron chi connectivity index (χ1n) is 4.76. The van der Waals surface area contributed by atoms with E-state index in [1.807, 2.05) is 0 Å². The van der Waals surface area contributed by atoms with Crippen LogP contribution in [0.4, 0.5) is 13.2 Å². The standard InChI is InChI=1S/C9H15F3O3/c1-4-6-5(2)8(13,9(10,11)12)7(14-3)15-6/h5-7,13H,4H2,1-3H3/t5?,6-,7+,8+/m1/s1. The largest absolute Gasteiger partial charge is 0.422 e. The third-order valence-electron chi connectivity index (χ3n) is 2.98. The second-order valence-corrected chi connectivity index (χ2v) is 3.76. The van der Waals surface area contributed by atoms with Gasteiger partial charge in [-0.1, -0.05) is 13.8 Å². The average Bonchev–Trinajstić information content (AvgIpc) is 2.40. The minimum absolute atomic E-state index is 0.402. The topological polar surface area (TPSA) is 38.7 Å². The van der Waals surface area contributed by atoms with Crippen molar-refractivity contribution in [3.63, 3.8) is 0 Å². The van der Waals surface area contributed by atoms with E-state index in [0.717, 1.165) is 7.11 Å². The Bertz CT molecular complexity index is 227. The maximum atomic E-state index is 12.7. The molecule has 1 saturated heterocycles. The van der Waals surface area contributed by atoms with Gasteiger partial charge >= 0.3 is 6.18 Å². The lowest BCUT2D eigenvalue weighted by atomic mass is 9.85. The molecule has 1 heterocycles. The molecule has 0 saturated carbocycles. The molecule has 0 aromatic rings. The van der Waals surface area contributed by atoms with Gasteiger partial charge < -0.3 is 14.6 Å². The van der Waals surface area contributed by atoms with Crippen LogP contribution in [-0.2, 0) is 9.47 Å². The molecule has 3 nitrogen and oxygen atoms in total. The Morgan fingerprint density at radius 2 is 2.00 bits per heavy atom. The number of hydrogen-bond acceptors (Lipinski definition) is 3. The van der Waals surface area contributed by atoms with E-state index < -0.39 is 30.1 Å². The van der Waals surface area contributed by atoms with E-state index in [1.54, 1.807) is 6.92 Å². The number of rotatable bonds is 2. The van der Waals surface area contributed by atoms with Crippen LogP contribution in [0.2, 0.25) is 0 Å². The van der Waals surface area contributed by atoms with Gasteiger partial charge in [0.25, 0.3) is 0 Å². The molecule has 0 aromatic heterocycles. The maximum absolute atomic E-state index is 12.7. The van der Waals surface area contributed by atoms with E-state index in [0.29, 0.717) is 6.42 Å². The van der Waals surface area contributed by atoms with E-state index in [-0.39, 0.29) is 0 Å².